The number of ether oxygens (including phenoxy) is 1. The van der Waals surface area contributed by atoms with E-state index in [4.69, 9.17) is 10.5 Å². The topological polar surface area (TPSA) is 59.6 Å². The highest BCUT2D eigenvalue weighted by atomic mass is 16.5. The van der Waals surface area contributed by atoms with E-state index in [2.05, 4.69) is 34.6 Å². The van der Waals surface area contributed by atoms with Crippen molar-refractivity contribution in [3.63, 3.8) is 0 Å². The number of aliphatic imine (C=N–C) groups is 1. The van der Waals surface area contributed by atoms with Crippen LogP contribution < -0.4 is 15.8 Å². The largest absolute Gasteiger partial charge is 0.497 e. The van der Waals surface area contributed by atoms with Gasteiger partial charge in [0.1, 0.15) is 5.75 Å². The molecule has 3 N–H and O–H groups in total. The molecule has 2 rings (SSSR count). The lowest BCUT2D eigenvalue weighted by atomic mass is 10.1. The molecule has 110 valence electrons. The van der Waals surface area contributed by atoms with E-state index >= 15 is 0 Å². The third-order valence-corrected chi connectivity index (χ3v) is 3.11. The number of rotatable bonds is 6. The Labute approximate surface area is 125 Å². The lowest BCUT2D eigenvalue weighted by Crippen LogP contribution is -2.22. The van der Waals surface area contributed by atoms with Gasteiger partial charge in [-0.2, -0.15) is 0 Å². The zero-order valence-corrected chi connectivity index (χ0v) is 12.3. The van der Waals surface area contributed by atoms with E-state index in [0.29, 0.717) is 12.5 Å². The lowest BCUT2D eigenvalue weighted by molar-refractivity contribution is 0.415. The zero-order valence-electron chi connectivity index (χ0n) is 12.3. The summed E-state index contributed by atoms with van der Waals surface area (Å²) in [7, 11) is 1.64. The van der Waals surface area contributed by atoms with Crippen LogP contribution in [0.4, 0.5) is 5.69 Å². The highest BCUT2D eigenvalue weighted by Gasteiger charge is 1.96. The maximum atomic E-state index is 5.86. The lowest BCUT2D eigenvalue weighted by Gasteiger charge is -2.06. The number of nitrogens with one attached hydrogen (secondary N) is 1. The molecule has 2 aromatic carbocycles. The van der Waals surface area contributed by atoms with E-state index in [0.717, 1.165) is 24.3 Å². The molecule has 0 aliphatic carbocycles. The average molecular weight is 283 g/mol. The first-order valence-electron chi connectivity index (χ1n) is 7.03. The number of guanidine groups is 1. The molecule has 2 aromatic rings. The Morgan fingerprint density at radius 1 is 1.10 bits per heavy atom. The van der Waals surface area contributed by atoms with Gasteiger partial charge in [-0.25, -0.2) is 0 Å². The molecule has 0 radical (unpaired) electrons. The van der Waals surface area contributed by atoms with E-state index in [9.17, 15) is 0 Å². The van der Waals surface area contributed by atoms with Crippen molar-refractivity contribution in [2.75, 3.05) is 19.0 Å². The molecule has 21 heavy (non-hydrogen) atoms. The summed E-state index contributed by atoms with van der Waals surface area (Å²) in [6, 6.07) is 18.0. The van der Waals surface area contributed by atoms with Crippen LogP contribution in [0, 0.1) is 0 Å². The van der Waals surface area contributed by atoms with Gasteiger partial charge in [0.25, 0.3) is 0 Å². The second-order valence-electron chi connectivity index (χ2n) is 4.71. The molecule has 0 saturated heterocycles. The monoisotopic (exact) mass is 283 g/mol. The summed E-state index contributed by atoms with van der Waals surface area (Å²) in [6.07, 6.45) is 2.00. The third-order valence-electron chi connectivity index (χ3n) is 3.11. The maximum Gasteiger partial charge on any atom is 0.193 e. The summed E-state index contributed by atoms with van der Waals surface area (Å²) in [4.78, 5) is 4.33. The van der Waals surface area contributed by atoms with Gasteiger partial charge in [0.2, 0.25) is 0 Å². The first-order chi connectivity index (χ1) is 10.3. The van der Waals surface area contributed by atoms with Crippen molar-refractivity contribution in [3.05, 3.63) is 60.2 Å². The van der Waals surface area contributed by atoms with Crippen molar-refractivity contribution < 1.29 is 4.74 Å². The van der Waals surface area contributed by atoms with Gasteiger partial charge in [0.05, 0.1) is 7.11 Å². The Morgan fingerprint density at radius 2 is 1.81 bits per heavy atom. The molecule has 0 unspecified atom stereocenters. The van der Waals surface area contributed by atoms with Crippen LogP contribution in [-0.2, 0) is 6.42 Å². The Bertz CT molecular complexity index is 564. The van der Waals surface area contributed by atoms with E-state index in [1.165, 1.54) is 5.56 Å². The highest BCUT2D eigenvalue weighted by Crippen LogP contribution is 2.14. The molecule has 4 heteroatoms. The van der Waals surface area contributed by atoms with E-state index < -0.39 is 0 Å². The third kappa shape index (κ3) is 5.18. The van der Waals surface area contributed by atoms with Crippen LogP contribution in [0.1, 0.15) is 12.0 Å². The van der Waals surface area contributed by atoms with Crippen molar-refractivity contribution in [3.8, 4) is 5.75 Å². The fraction of sp³-hybridized carbons (Fsp3) is 0.235. The second-order valence-corrected chi connectivity index (χ2v) is 4.71. The van der Waals surface area contributed by atoms with Crippen LogP contribution in [-0.4, -0.2) is 19.6 Å². The minimum absolute atomic E-state index is 0.438. The predicted molar refractivity (Wildman–Crippen MR) is 87.9 cm³/mol. The number of benzene rings is 2. The van der Waals surface area contributed by atoms with Gasteiger partial charge in [-0.3, -0.25) is 4.99 Å². The molecule has 0 aliphatic rings. The zero-order chi connectivity index (χ0) is 14.9. The number of nitrogens with two attached hydrogens (primary N) is 1. The van der Waals surface area contributed by atoms with Crippen molar-refractivity contribution >= 4 is 11.6 Å². The summed E-state index contributed by atoms with van der Waals surface area (Å²) >= 11 is 0. The van der Waals surface area contributed by atoms with Crippen molar-refractivity contribution in [1.29, 1.82) is 0 Å². The molecular formula is C17H21N3O. The van der Waals surface area contributed by atoms with Crippen LogP contribution in [0.2, 0.25) is 0 Å². The summed E-state index contributed by atoms with van der Waals surface area (Å²) in [6.45, 7) is 0.712. The van der Waals surface area contributed by atoms with Crippen molar-refractivity contribution in [2.24, 2.45) is 10.7 Å². The number of hydrogen-bond acceptors (Lipinski definition) is 2. The quantitative estimate of drug-likeness (QED) is 0.486. The molecule has 4 nitrogen and oxygen atoms in total. The number of methoxy groups -OCH3 is 1. The molecule has 0 heterocycles. The summed E-state index contributed by atoms with van der Waals surface area (Å²) < 4.78 is 5.11. The van der Waals surface area contributed by atoms with Gasteiger partial charge < -0.3 is 15.8 Å². The molecule has 0 aliphatic heterocycles. The second kappa shape index (κ2) is 7.94. The van der Waals surface area contributed by atoms with E-state index in [1.807, 2.05) is 30.3 Å². The standard InChI is InChI=1S/C17H21N3O/c1-21-16-11-9-15(10-12-16)20-17(18)19-13-5-8-14-6-3-2-4-7-14/h2-4,6-7,9-12H,5,8,13H2,1H3,(H3,18,19,20). The SMILES string of the molecule is COc1ccc(NC(N)=NCCCc2ccccc2)cc1. The normalized spacial score (nSPS) is 11.2. The van der Waals surface area contributed by atoms with Gasteiger partial charge in [-0.15, -0.1) is 0 Å². The van der Waals surface area contributed by atoms with Gasteiger partial charge in [-0.05, 0) is 42.7 Å². The summed E-state index contributed by atoms with van der Waals surface area (Å²) in [5.41, 5.74) is 8.09. The van der Waals surface area contributed by atoms with E-state index in [-0.39, 0.29) is 0 Å². The van der Waals surface area contributed by atoms with Crippen LogP contribution in [0.15, 0.2) is 59.6 Å². The minimum atomic E-state index is 0.438. The Balaban J connectivity index is 1.75. The molecular weight excluding hydrogens is 262 g/mol. The molecule has 0 spiro atoms. The van der Waals surface area contributed by atoms with Crippen molar-refractivity contribution in [2.45, 2.75) is 12.8 Å². The Kier molecular flexibility index (Phi) is 5.64. The highest BCUT2D eigenvalue weighted by molar-refractivity contribution is 5.92. The minimum Gasteiger partial charge on any atom is -0.497 e. The van der Waals surface area contributed by atoms with Gasteiger partial charge >= 0.3 is 0 Å². The fourth-order valence-electron chi connectivity index (χ4n) is 1.99. The van der Waals surface area contributed by atoms with Gasteiger partial charge in [0, 0.05) is 12.2 Å². The molecule has 0 atom stereocenters. The van der Waals surface area contributed by atoms with Crippen molar-refractivity contribution in [1.82, 2.24) is 0 Å². The molecule has 0 amide bonds. The Hall–Kier alpha value is -2.49. The van der Waals surface area contributed by atoms with Gasteiger partial charge in [0.15, 0.2) is 5.96 Å². The van der Waals surface area contributed by atoms with E-state index in [1.54, 1.807) is 7.11 Å². The number of nitrogens with zero attached hydrogens (tertiary/aromatic N) is 1. The molecule has 0 saturated carbocycles. The van der Waals surface area contributed by atoms with Crippen LogP contribution in [0.25, 0.3) is 0 Å². The van der Waals surface area contributed by atoms with Crippen LogP contribution in [0.3, 0.4) is 0 Å². The number of anilines is 1. The maximum absolute atomic E-state index is 5.86. The Morgan fingerprint density at radius 3 is 2.48 bits per heavy atom. The van der Waals surface area contributed by atoms with Crippen LogP contribution in [0.5, 0.6) is 5.75 Å². The first-order valence-corrected chi connectivity index (χ1v) is 7.03. The number of hydrogen-bond donors (Lipinski definition) is 2. The first kappa shape index (κ1) is 14.9. The summed E-state index contributed by atoms with van der Waals surface area (Å²) in [5.74, 6) is 1.26. The average Bonchev–Trinajstić information content (AvgIpc) is 2.53. The smallest absolute Gasteiger partial charge is 0.193 e. The van der Waals surface area contributed by atoms with Gasteiger partial charge in [-0.1, -0.05) is 30.3 Å². The molecule has 0 bridgehead atoms. The van der Waals surface area contributed by atoms with Crippen LogP contribution >= 0.6 is 0 Å². The molecule has 0 aromatic heterocycles. The fourth-order valence-corrected chi connectivity index (χ4v) is 1.99. The predicted octanol–water partition coefficient (Wildman–Crippen LogP) is 3.05. The molecule has 0 fully saturated rings. The number of aryl methyl sites for hydroxylation is 1. The summed E-state index contributed by atoms with van der Waals surface area (Å²) in [5, 5.41) is 3.06.